The fourth-order valence-corrected chi connectivity index (χ4v) is 1.64. The van der Waals surface area contributed by atoms with Gasteiger partial charge in [-0.2, -0.15) is 0 Å². The highest BCUT2D eigenvalue weighted by Crippen LogP contribution is 2.21. The summed E-state index contributed by atoms with van der Waals surface area (Å²) in [5.74, 6) is 0.943. The second-order valence-electron chi connectivity index (χ2n) is 4.47. The highest BCUT2D eigenvalue weighted by atomic mass is 16.5. The van der Waals surface area contributed by atoms with Crippen LogP contribution < -0.4 is 10.1 Å². The molecule has 0 heterocycles. The number of nitrogens with one attached hydrogen (secondary N) is 1. The maximum absolute atomic E-state index is 5.69. The molecule has 2 nitrogen and oxygen atoms in total. The summed E-state index contributed by atoms with van der Waals surface area (Å²) < 4.78 is 5.69. The Bertz CT molecular complexity index is 369. The quantitative estimate of drug-likeness (QED) is 0.759. The van der Waals surface area contributed by atoms with Crippen molar-refractivity contribution in [2.75, 3.05) is 13.6 Å². The van der Waals surface area contributed by atoms with E-state index in [2.05, 4.69) is 30.4 Å². The van der Waals surface area contributed by atoms with Crippen LogP contribution in [0.25, 0.3) is 5.57 Å². The van der Waals surface area contributed by atoms with E-state index in [0.717, 1.165) is 18.7 Å². The Morgan fingerprint density at radius 1 is 1.41 bits per heavy atom. The first-order valence-corrected chi connectivity index (χ1v) is 6.22. The van der Waals surface area contributed by atoms with Crippen LogP contribution in [0.4, 0.5) is 0 Å². The van der Waals surface area contributed by atoms with Crippen LogP contribution in [0, 0.1) is 0 Å². The van der Waals surface area contributed by atoms with Gasteiger partial charge in [-0.1, -0.05) is 18.2 Å². The Kier molecular flexibility index (Phi) is 5.78. The van der Waals surface area contributed by atoms with Crippen LogP contribution in [-0.2, 0) is 0 Å². The molecule has 1 rings (SSSR count). The van der Waals surface area contributed by atoms with Gasteiger partial charge in [-0.05, 0) is 64.1 Å². The van der Waals surface area contributed by atoms with Gasteiger partial charge in [0.25, 0.3) is 0 Å². The topological polar surface area (TPSA) is 21.3 Å². The van der Waals surface area contributed by atoms with Crippen LogP contribution in [0.15, 0.2) is 30.3 Å². The molecule has 0 spiro atoms. The standard InChI is InChI=1S/C15H23NO/c1-12(2)17-15-9-5-8-14(11-15)13(3)7-6-10-16-4/h5,7-9,11-12,16H,6,10H2,1-4H3. The predicted molar refractivity (Wildman–Crippen MR) is 74.4 cm³/mol. The molecule has 0 aliphatic heterocycles. The van der Waals surface area contributed by atoms with Crippen molar-refractivity contribution in [3.05, 3.63) is 35.9 Å². The molecule has 0 amide bonds. The normalized spacial score (nSPS) is 11.9. The van der Waals surface area contributed by atoms with Gasteiger partial charge in [0.15, 0.2) is 0 Å². The lowest BCUT2D eigenvalue weighted by molar-refractivity contribution is 0.242. The molecule has 1 aromatic carbocycles. The SMILES string of the molecule is CNCCC=C(C)c1cccc(OC(C)C)c1. The second-order valence-corrected chi connectivity index (χ2v) is 4.47. The molecule has 0 bridgehead atoms. The van der Waals surface area contributed by atoms with Crippen LogP contribution in [0.2, 0.25) is 0 Å². The average Bonchev–Trinajstić information content (AvgIpc) is 2.28. The lowest BCUT2D eigenvalue weighted by Crippen LogP contribution is -2.06. The van der Waals surface area contributed by atoms with Gasteiger partial charge in [0.05, 0.1) is 6.10 Å². The van der Waals surface area contributed by atoms with Crippen molar-refractivity contribution in [2.45, 2.75) is 33.3 Å². The van der Waals surface area contributed by atoms with E-state index >= 15 is 0 Å². The van der Waals surface area contributed by atoms with E-state index in [4.69, 9.17) is 4.74 Å². The van der Waals surface area contributed by atoms with Gasteiger partial charge in [0.2, 0.25) is 0 Å². The minimum atomic E-state index is 0.221. The van der Waals surface area contributed by atoms with Gasteiger partial charge >= 0.3 is 0 Å². The molecule has 0 unspecified atom stereocenters. The smallest absolute Gasteiger partial charge is 0.120 e. The first kappa shape index (κ1) is 13.8. The van der Waals surface area contributed by atoms with E-state index in [1.807, 2.05) is 33.0 Å². The number of rotatable bonds is 6. The maximum Gasteiger partial charge on any atom is 0.120 e. The molecular weight excluding hydrogens is 210 g/mol. The van der Waals surface area contributed by atoms with Crippen LogP contribution in [-0.4, -0.2) is 19.7 Å². The maximum atomic E-state index is 5.69. The average molecular weight is 233 g/mol. The second kappa shape index (κ2) is 7.13. The van der Waals surface area contributed by atoms with E-state index in [1.165, 1.54) is 11.1 Å². The molecule has 0 radical (unpaired) electrons. The summed E-state index contributed by atoms with van der Waals surface area (Å²) in [6.45, 7) is 7.24. The van der Waals surface area contributed by atoms with Crippen LogP contribution in [0.3, 0.4) is 0 Å². The van der Waals surface area contributed by atoms with E-state index < -0.39 is 0 Å². The Morgan fingerprint density at radius 3 is 2.82 bits per heavy atom. The molecule has 0 aliphatic rings. The predicted octanol–water partition coefficient (Wildman–Crippen LogP) is 3.49. The highest BCUT2D eigenvalue weighted by Gasteiger charge is 2.00. The van der Waals surface area contributed by atoms with E-state index in [0.29, 0.717) is 0 Å². The fourth-order valence-electron chi connectivity index (χ4n) is 1.64. The summed E-state index contributed by atoms with van der Waals surface area (Å²) in [5.41, 5.74) is 2.54. The number of allylic oxidation sites excluding steroid dienone is 1. The van der Waals surface area contributed by atoms with Crippen molar-refractivity contribution in [3.63, 3.8) is 0 Å². The van der Waals surface area contributed by atoms with Crippen molar-refractivity contribution in [1.82, 2.24) is 5.32 Å². The van der Waals surface area contributed by atoms with Gasteiger partial charge in [-0.3, -0.25) is 0 Å². The van der Waals surface area contributed by atoms with Crippen molar-refractivity contribution in [3.8, 4) is 5.75 Å². The van der Waals surface area contributed by atoms with Crippen molar-refractivity contribution in [1.29, 1.82) is 0 Å². The number of hydrogen-bond acceptors (Lipinski definition) is 2. The fraction of sp³-hybridized carbons (Fsp3) is 0.467. The zero-order chi connectivity index (χ0) is 12.7. The van der Waals surface area contributed by atoms with Gasteiger partial charge in [-0.15, -0.1) is 0 Å². The summed E-state index contributed by atoms with van der Waals surface area (Å²) >= 11 is 0. The zero-order valence-electron chi connectivity index (χ0n) is 11.3. The van der Waals surface area contributed by atoms with Crippen LogP contribution >= 0.6 is 0 Å². The molecule has 0 fully saturated rings. The summed E-state index contributed by atoms with van der Waals surface area (Å²) in [7, 11) is 1.97. The summed E-state index contributed by atoms with van der Waals surface area (Å²) in [5, 5.41) is 3.14. The van der Waals surface area contributed by atoms with Crippen LogP contribution in [0.1, 0.15) is 32.8 Å². The Labute approximate surface area is 105 Å². The molecule has 2 heteroatoms. The third-order valence-corrected chi connectivity index (χ3v) is 2.51. The van der Waals surface area contributed by atoms with Crippen molar-refractivity contribution in [2.24, 2.45) is 0 Å². The van der Waals surface area contributed by atoms with E-state index in [1.54, 1.807) is 0 Å². The van der Waals surface area contributed by atoms with Gasteiger partial charge < -0.3 is 10.1 Å². The zero-order valence-corrected chi connectivity index (χ0v) is 11.3. The van der Waals surface area contributed by atoms with E-state index in [-0.39, 0.29) is 6.10 Å². The third-order valence-electron chi connectivity index (χ3n) is 2.51. The molecular formula is C15H23NO. The van der Waals surface area contributed by atoms with Crippen molar-refractivity contribution >= 4 is 5.57 Å². The lowest BCUT2D eigenvalue weighted by Gasteiger charge is -2.11. The Hall–Kier alpha value is -1.28. The van der Waals surface area contributed by atoms with Gasteiger partial charge in [-0.25, -0.2) is 0 Å². The minimum absolute atomic E-state index is 0.221. The molecule has 0 atom stereocenters. The highest BCUT2D eigenvalue weighted by molar-refractivity contribution is 5.64. The monoisotopic (exact) mass is 233 g/mol. The molecule has 0 saturated carbocycles. The first-order chi connectivity index (χ1) is 8.13. The summed E-state index contributed by atoms with van der Waals surface area (Å²) in [4.78, 5) is 0. The minimum Gasteiger partial charge on any atom is -0.491 e. The molecule has 0 aliphatic carbocycles. The Morgan fingerprint density at radius 2 is 2.18 bits per heavy atom. The third kappa shape index (κ3) is 5.05. The number of benzene rings is 1. The van der Waals surface area contributed by atoms with Crippen LogP contribution in [0.5, 0.6) is 5.75 Å². The summed E-state index contributed by atoms with van der Waals surface area (Å²) in [6, 6.07) is 8.27. The van der Waals surface area contributed by atoms with E-state index in [9.17, 15) is 0 Å². The van der Waals surface area contributed by atoms with Crippen molar-refractivity contribution < 1.29 is 4.74 Å². The molecule has 1 N–H and O–H groups in total. The molecule has 17 heavy (non-hydrogen) atoms. The molecule has 0 saturated heterocycles. The number of hydrogen-bond donors (Lipinski definition) is 1. The molecule has 1 aromatic rings. The lowest BCUT2D eigenvalue weighted by atomic mass is 10.1. The largest absolute Gasteiger partial charge is 0.491 e. The summed E-state index contributed by atoms with van der Waals surface area (Å²) in [6.07, 6.45) is 3.53. The Balaban J connectivity index is 2.73. The van der Waals surface area contributed by atoms with Gasteiger partial charge in [0.1, 0.15) is 5.75 Å². The van der Waals surface area contributed by atoms with Gasteiger partial charge in [0, 0.05) is 0 Å². The molecule has 0 aromatic heterocycles. The molecule has 94 valence electrons. The first-order valence-electron chi connectivity index (χ1n) is 6.22. The number of ether oxygens (including phenoxy) is 1.